The van der Waals surface area contributed by atoms with Crippen LogP contribution in [0.1, 0.15) is 0 Å². The Morgan fingerprint density at radius 3 is 2.36 bits per heavy atom. The van der Waals surface area contributed by atoms with Crippen molar-refractivity contribution >= 4 is 17.5 Å². The Morgan fingerprint density at radius 2 is 1.64 bits per heavy atom. The van der Waals surface area contributed by atoms with Crippen molar-refractivity contribution in [2.24, 2.45) is 0 Å². The van der Waals surface area contributed by atoms with Gasteiger partial charge in [-0.05, 0) is 19.2 Å². The van der Waals surface area contributed by atoms with Gasteiger partial charge in [0.1, 0.15) is 17.5 Å². The first-order valence-corrected chi connectivity index (χ1v) is 9.18. The molecule has 0 bridgehead atoms. The summed E-state index contributed by atoms with van der Waals surface area (Å²) in [6.45, 7) is 3.49. The lowest BCUT2D eigenvalue weighted by Gasteiger charge is -2.32. The van der Waals surface area contributed by atoms with Gasteiger partial charge in [0.15, 0.2) is 0 Å². The minimum atomic E-state index is -0.666. The molecule has 0 atom stereocenters. The van der Waals surface area contributed by atoms with Crippen LogP contribution in [-0.2, 0) is 0 Å². The van der Waals surface area contributed by atoms with Crippen LogP contribution in [0.15, 0.2) is 54.6 Å². The summed E-state index contributed by atoms with van der Waals surface area (Å²) in [5, 5.41) is 2.97. The normalized spacial score (nSPS) is 14.9. The number of nitrogens with one attached hydrogen (secondary N) is 1. The van der Waals surface area contributed by atoms with Crippen LogP contribution in [0.5, 0.6) is 0 Å². The van der Waals surface area contributed by atoms with E-state index in [1.54, 1.807) is 6.07 Å². The highest BCUT2D eigenvalue weighted by molar-refractivity contribution is 5.67. The highest BCUT2D eigenvalue weighted by Gasteiger charge is 2.18. The molecule has 7 heteroatoms. The van der Waals surface area contributed by atoms with E-state index in [1.165, 1.54) is 12.1 Å². The van der Waals surface area contributed by atoms with Crippen LogP contribution in [0.2, 0.25) is 0 Å². The van der Waals surface area contributed by atoms with E-state index in [2.05, 4.69) is 27.1 Å². The van der Waals surface area contributed by atoms with Gasteiger partial charge in [-0.15, -0.1) is 0 Å². The second-order valence-electron chi connectivity index (χ2n) is 6.84. The van der Waals surface area contributed by atoms with Crippen molar-refractivity contribution in [1.29, 1.82) is 0 Å². The molecule has 0 saturated carbocycles. The van der Waals surface area contributed by atoms with Gasteiger partial charge < -0.3 is 15.1 Å². The molecule has 0 aliphatic carbocycles. The third kappa shape index (κ3) is 4.09. The van der Waals surface area contributed by atoms with Crippen molar-refractivity contribution in [3.63, 3.8) is 0 Å². The average Bonchev–Trinajstić information content (AvgIpc) is 2.71. The first-order valence-electron chi connectivity index (χ1n) is 9.18. The second kappa shape index (κ2) is 7.90. The Kier molecular flexibility index (Phi) is 5.16. The molecule has 1 aromatic heterocycles. The van der Waals surface area contributed by atoms with Gasteiger partial charge in [-0.1, -0.05) is 30.3 Å². The fourth-order valence-corrected chi connectivity index (χ4v) is 3.13. The summed E-state index contributed by atoms with van der Waals surface area (Å²) in [5.41, 5.74) is 1.86. The lowest BCUT2D eigenvalue weighted by Crippen LogP contribution is -2.45. The Morgan fingerprint density at radius 1 is 0.893 bits per heavy atom. The molecule has 1 aliphatic rings. The lowest BCUT2D eigenvalue weighted by atomic mass is 10.1. The Bertz CT molecular complexity index is 956. The first-order chi connectivity index (χ1) is 13.6. The maximum absolute atomic E-state index is 14.1. The molecule has 28 heavy (non-hydrogen) atoms. The number of hydrogen-bond donors (Lipinski definition) is 1. The zero-order chi connectivity index (χ0) is 19.5. The third-order valence-electron chi connectivity index (χ3n) is 4.76. The smallest absolute Gasteiger partial charge is 0.227 e. The van der Waals surface area contributed by atoms with Gasteiger partial charge in [-0.2, -0.15) is 4.98 Å². The van der Waals surface area contributed by atoms with Crippen LogP contribution < -0.4 is 10.2 Å². The highest BCUT2D eigenvalue weighted by Crippen LogP contribution is 2.26. The maximum Gasteiger partial charge on any atom is 0.227 e. The summed E-state index contributed by atoms with van der Waals surface area (Å²) < 4.78 is 27.3. The van der Waals surface area contributed by atoms with Crippen molar-refractivity contribution in [3.8, 4) is 11.3 Å². The molecule has 1 N–H and O–H groups in total. The van der Waals surface area contributed by atoms with Gasteiger partial charge in [0.05, 0.1) is 11.4 Å². The number of hydrogen-bond acceptors (Lipinski definition) is 5. The molecule has 1 fully saturated rings. The van der Waals surface area contributed by atoms with E-state index in [-0.39, 0.29) is 5.69 Å². The number of aromatic nitrogens is 2. The summed E-state index contributed by atoms with van der Waals surface area (Å²) in [4.78, 5) is 13.7. The zero-order valence-corrected chi connectivity index (χ0v) is 15.6. The molecule has 1 saturated heterocycles. The fraction of sp³-hybridized carbons (Fsp3) is 0.238. The van der Waals surface area contributed by atoms with Crippen LogP contribution in [-0.4, -0.2) is 48.1 Å². The standard InChI is InChI=1S/C21H21F2N5/c1-27-9-11-28(12-10-27)21-25-19(15-5-3-2-4-6-15)14-20(26-21)24-18-8-7-16(22)13-17(18)23/h2-8,13-14H,9-12H2,1H3,(H,24,25,26). The van der Waals surface area contributed by atoms with Crippen LogP contribution in [0.4, 0.5) is 26.2 Å². The molecule has 144 valence electrons. The Hall–Kier alpha value is -3.06. The summed E-state index contributed by atoms with van der Waals surface area (Å²) in [6.07, 6.45) is 0. The monoisotopic (exact) mass is 381 g/mol. The van der Waals surface area contributed by atoms with E-state index in [0.29, 0.717) is 11.8 Å². The molecule has 0 radical (unpaired) electrons. The molecule has 1 aliphatic heterocycles. The molecule has 4 rings (SSSR count). The highest BCUT2D eigenvalue weighted by atomic mass is 19.1. The van der Waals surface area contributed by atoms with Gasteiger partial charge in [0.2, 0.25) is 5.95 Å². The second-order valence-corrected chi connectivity index (χ2v) is 6.84. The maximum atomic E-state index is 14.1. The quantitative estimate of drug-likeness (QED) is 0.742. The number of benzene rings is 2. The van der Waals surface area contributed by atoms with Gasteiger partial charge >= 0.3 is 0 Å². The topological polar surface area (TPSA) is 44.3 Å². The van der Waals surface area contributed by atoms with E-state index in [0.717, 1.165) is 43.5 Å². The summed E-state index contributed by atoms with van der Waals surface area (Å²) in [7, 11) is 2.09. The molecule has 0 unspecified atom stereocenters. The SMILES string of the molecule is CN1CCN(c2nc(Nc3ccc(F)cc3F)cc(-c3ccccc3)n2)CC1. The van der Waals surface area contributed by atoms with Crippen LogP contribution >= 0.6 is 0 Å². The number of piperazine rings is 1. The number of rotatable bonds is 4. The first kappa shape index (κ1) is 18.3. The van der Waals surface area contributed by atoms with Crippen LogP contribution in [0, 0.1) is 11.6 Å². The zero-order valence-electron chi connectivity index (χ0n) is 15.6. The Labute approximate surface area is 162 Å². The summed E-state index contributed by atoms with van der Waals surface area (Å²) in [6, 6.07) is 15.0. The van der Waals surface area contributed by atoms with E-state index in [9.17, 15) is 8.78 Å². The van der Waals surface area contributed by atoms with Gasteiger partial charge in [-0.25, -0.2) is 13.8 Å². The van der Waals surface area contributed by atoms with Crippen molar-refractivity contribution in [3.05, 3.63) is 66.2 Å². The van der Waals surface area contributed by atoms with Gasteiger partial charge in [0, 0.05) is 43.9 Å². The van der Waals surface area contributed by atoms with Crippen LogP contribution in [0.25, 0.3) is 11.3 Å². The predicted molar refractivity (Wildman–Crippen MR) is 107 cm³/mol. The third-order valence-corrected chi connectivity index (χ3v) is 4.76. The van der Waals surface area contributed by atoms with E-state index < -0.39 is 11.6 Å². The number of halogens is 2. The molecule has 2 heterocycles. The van der Waals surface area contributed by atoms with Crippen molar-refractivity contribution in [1.82, 2.24) is 14.9 Å². The van der Waals surface area contributed by atoms with Crippen molar-refractivity contribution in [2.75, 3.05) is 43.4 Å². The largest absolute Gasteiger partial charge is 0.338 e. The molecular weight excluding hydrogens is 360 g/mol. The van der Waals surface area contributed by atoms with Crippen molar-refractivity contribution < 1.29 is 8.78 Å². The fourth-order valence-electron chi connectivity index (χ4n) is 3.13. The summed E-state index contributed by atoms with van der Waals surface area (Å²) in [5.74, 6) is -0.220. The summed E-state index contributed by atoms with van der Waals surface area (Å²) >= 11 is 0. The van der Waals surface area contributed by atoms with Gasteiger partial charge in [0.25, 0.3) is 0 Å². The van der Waals surface area contributed by atoms with Crippen LogP contribution in [0.3, 0.4) is 0 Å². The van der Waals surface area contributed by atoms with E-state index in [1.807, 2.05) is 30.3 Å². The minimum Gasteiger partial charge on any atom is -0.338 e. The molecule has 0 spiro atoms. The molecule has 2 aromatic carbocycles. The number of nitrogens with zero attached hydrogens (tertiary/aromatic N) is 4. The average molecular weight is 381 g/mol. The number of anilines is 3. The predicted octanol–water partition coefficient (Wildman–Crippen LogP) is 3.92. The van der Waals surface area contributed by atoms with E-state index in [4.69, 9.17) is 4.98 Å². The molecule has 3 aromatic rings. The molecule has 0 amide bonds. The Balaban J connectivity index is 1.71. The minimum absolute atomic E-state index is 0.170. The van der Waals surface area contributed by atoms with E-state index >= 15 is 0 Å². The number of likely N-dealkylation sites (N-methyl/N-ethyl adjacent to an activating group) is 1. The van der Waals surface area contributed by atoms with Gasteiger partial charge in [-0.3, -0.25) is 0 Å². The van der Waals surface area contributed by atoms with Crippen molar-refractivity contribution in [2.45, 2.75) is 0 Å². The molecular formula is C21H21F2N5. The lowest BCUT2D eigenvalue weighted by molar-refractivity contribution is 0.311. The molecule has 5 nitrogen and oxygen atoms in total.